The normalized spacial score (nSPS) is 10.8. The second kappa shape index (κ2) is 5.88. The third kappa shape index (κ3) is 3.07. The van der Waals surface area contributed by atoms with Gasteiger partial charge in [0, 0.05) is 15.7 Å². The van der Waals surface area contributed by atoms with E-state index in [-0.39, 0.29) is 5.92 Å². The largest absolute Gasteiger partial charge is 0.340 e. The number of halogens is 2. The Labute approximate surface area is 126 Å². The summed E-state index contributed by atoms with van der Waals surface area (Å²) in [6.45, 7) is 6.19. The third-order valence-electron chi connectivity index (χ3n) is 2.93. The van der Waals surface area contributed by atoms with Gasteiger partial charge in [-0.25, -0.2) is 9.97 Å². The molecule has 0 unspecified atom stereocenters. The Morgan fingerprint density at radius 2 is 2.00 bits per heavy atom. The van der Waals surface area contributed by atoms with Crippen LogP contribution in [0, 0.1) is 6.92 Å². The summed E-state index contributed by atoms with van der Waals surface area (Å²) in [6, 6.07) is 6.01. The minimum atomic E-state index is 0.253. The highest BCUT2D eigenvalue weighted by atomic mass is 79.9. The van der Waals surface area contributed by atoms with Gasteiger partial charge in [0.05, 0.1) is 0 Å². The first kappa shape index (κ1) is 14.3. The minimum absolute atomic E-state index is 0.253. The van der Waals surface area contributed by atoms with Gasteiger partial charge in [-0.05, 0) is 30.5 Å². The molecule has 19 heavy (non-hydrogen) atoms. The fraction of sp³-hybridized carbons (Fsp3) is 0.286. The van der Waals surface area contributed by atoms with Crippen molar-refractivity contribution in [3.63, 3.8) is 0 Å². The molecule has 3 nitrogen and oxygen atoms in total. The smallest absolute Gasteiger partial charge is 0.138 e. The molecule has 100 valence electrons. The fourth-order valence-electron chi connectivity index (χ4n) is 1.86. The van der Waals surface area contributed by atoms with E-state index < -0.39 is 0 Å². The van der Waals surface area contributed by atoms with Gasteiger partial charge in [0.2, 0.25) is 0 Å². The number of hydrogen-bond acceptors (Lipinski definition) is 3. The fourth-order valence-corrected chi connectivity index (χ4v) is 2.57. The monoisotopic (exact) mass is 339 g/mol. The zero-order valence-corrected chi connectivity index (χ0v) is 13.4. The van der Waals surface area contributed by atoms with Crippen LogP contribution in [0.15, 0.2) is 29.0 Å². The SMILES string of the molecule is Cc1c(Br)cccc1Nc1ncnc(Cl)c1C(C)C. The number of nitrogens with zero attached hydrogens (tertiary/aromatic N) is 2. The van der Waals surface area contributed by atoms with Crippen molar-refractivity contribution in [2.24, 2.45) is 0 Å². The van der Waals surface area contributed by atoms with Crippen LogP contribution in [-0.4, -0.2) is 9.97 Å². The maximum atomic E-state index is 6.16. The Balaban J connectivity index is 2.44. The highest BCUT2D eigenvalue weighted by Crippen LogP contribution is 2.32. The lowest BCUT2D eigenvalue weighted by molar-refractivity contribution is 0.850. The molecule has 1 aromatic carbocycles. The van der Waals surface area contributed by atoms with E-state index in [0.717, 1.165) is 27.1 Å². The summed E-state index contributed by atoms with van der Waals surface area (Å²) in [5.74, 6) is 1.01. The maximum absolute atomic E-state index is 6.16. The maximum Gasteiger partial charge on any atom is 0.138 e. The van der Waals surface area contributed by atoms with Gasteiger partial charge in [0.15, 0.2) is 0 Å². The van der Waals surface area contributed by atoms with Gasteiger partial charge in [-0.3, -0.25) is 0 Å². The van der Waals surface area contributed by atoms with Crippen LogP contribution in [0.2, 0.25) is 5.15 Å². The van der Waals surface area contributed by atoms with Crippen molar-refractivity contribution in [2.75, 3.05) is 5.32 Å². The summed E-state index contributed by atoms with van der Waals surface area (Å²) in [5, 5.41) is 3.84. The molecule has 0 saturated carbocycles. The number of aromatic nitrogens is 2. The lowest BCUT2D eigenvalue weighted by Gasteiger charge is -2.16. The summed E-state index contributed by atoms with van der Waals surface area (Å²) in [4.78, 5) is 8.35. The molecule has 0 fully saturated rings. The quantitative estimate of drug-likeness (QED) is 0.793. The van der Waals surface area contributed by atoms with Crippen LogP contribution in [-0.2, 0) is 0 Å². The third-order valence-corrected chi connectivity index (χ3v) is 4.09. The van der Waals surface area contributed by atoms with Gasteiger partial charge < -0.3 is 5.32 Å². The van der Waals surface area contributed by atoms with Crippen molar-refractivity contribution in [3.05, 3.63) is 45.3 Å². The zero-order valence-electron chi connectivity index (χ0n) is 11.0. The standard InChI is InChI=1S/C14H15BrClN3/c1-8(2)12-13(16)17-7-18-14(12)19-11-6-4-5-10(15)9(11)3/h4-8H,1-3H3,(H,17,18,19). The average Bonchev–Trinajstić information content (AvgIpc) is 2.34. The molecule has 0 bridgehead atoms. The molecular formula is C14H15BrClN3. The Kier molecular flexibility index (Phi) is 4.42. The highest BCUT2D eigenvalue weighted by Gasteiger charge is 2.14. The van der Waals surface area contributed by atoms with E-state index in [1.54, 1.807) is 0 Å². The van der Waals surface area contributed by atoms with Crippen molar-refractivity contribution in [3.8, 4) is 0 Å². The van der Waals surface area contributed by atoms with Crippen LogP contribution < -0.4 is 5.32 Å². The lowest BCUT2D eigenvalue weighted by atomic mass is 10.1. The summed E-state index contributed by atoms with van der Waals surface area (Å²) in [6.07, 6.45) is 1.48. The predicted molar refractivity (Wildman–Crippen MR) is 83.3 cm³/mol. The molecule has 0 spiro atoms. The van der Waals surface area contributed by atoms with E-state index in [0.29, 0.717) is 5.15 Å². The summed E-state index contributed by atoms with van der Waals surface area (Å²) in [5.41, 5.74) is 3.07. The molecule has 1 heterocycles. The van der Waals surface area contributed by atoms with Gasteiger partial charge in [-0.15, -0.1) is 0 Å². The van der Waals surface area contributed by atoms with Gasteiger partial charge in [0.1, 0.15) is 17.3 Å². The molecule has 1 N–H and O–H groups in total. The first-order valence-electron chi connectivity index (χ1n) is 6.03. The molecular weight excluding hydrogens is 326 g/mol. The van der Waals surface area contributed by atoms with Gasteiger partial charge >= 0.3 is 0 Å². The molecule has 0 aliphatic carbocycles. The number of anilines is 2. The minimum Gasteiger partial charge on any atom is -0.340 e. The Morgan fingerprint density at radius 1 is 1.26 bits per heavy atom. The van der Waals surface area contributed by atoms with Crippen LogP contribution in [0.1, 0.15) is 30.9 Å². The van der Waals surface area contributed by atoms with Crippen LogP contribution in [0.3, 0.4) is 0 Å². The first-order chi connectivity index (χ1) is 9.00. The van der Waals surface area contributed by atoms with Crippen molar-refractivity contribution in [1.29, 1.82) is 0 Å². The van der Waals surface area contributed by atoms with Crippen LogP contribution in [0.25, 0.3) is 0 Å². The van der Waals surface area contributed by atoms with E-state index in [9.17, 15) is 0 Å². The van der Waals surface area contributed by atoms with Crippen molar-refractivity contribution < 1.29 is 0 Å². The van der Waals surface area contributed by atoms with Crippen molar-refractivity contribution >= 4 is 39.0 Å². The lowest BCUT2D eigenvalue weighted by Crippen LogP contribution is -2.04. The van der Waals surface area contributed by atoms with Crippen molar-refractivity contribution in [2.45, 2.75) is 26.7 Å². The average molecular weight is 341 g/mol. The Bertz CT molecular complexity index is 599. The molecule has 0 aliphatic rings. The molecule has 2 aromatic rings. The van der Waals surface area contributed by atoms with Crippen LogP contribution in [0.4, 0.5) is 11.5 Å². The van der Waals surface area contributed by atoms with E-state index in [2.05, 4.69) is 45.1 Å². The first-order valence-corrected chi connectivity index (χ1v) is 7.20. The molecule has 0 amide bonds. The Hall–Kier alpha value is -1.13. The molecule has 2 rings (SSSR count). The Morgan fingerprint density at radius 3 is 2.68 bits per heavy atom. The summed E-state index contributed by atoms with van der Waals surface area (Å²) in [7, 11) is 0. The molecule has 1 aromatic heterocycles. The predicted octanol–water partition coefficient (Wildman–Crippen LogP) is 5.07. The summed E-state index contributed by atoms with van der Waals surface area (Å²) >= 11 is 9.68. The van der Waals surface area contributed by atoms with E-state index >= 15 is 0 Å². The van der Waals surface area contributed by atoms with Crippen molar-refractivity contribution in [1.82, 2.24) is 9.97 Å². The van der Waals surface area contributed by atoms with Crippen LogP contribution in [0.5, 0.6) is 0 Å². The summed E-state index contributed by atoms with van der Waals surface area (Å²) < 4.78 is 1.06. The topological polar surface area (TPSA) is 37.8 Å². The number of nitrogens with one attached hydrogen (secondary N) is 1. The van der Waals surface area contributed by atoms with Gasteiger partial charge in [-0.1, -0.05) is 47.4 Å². The zero-order chi connectivity index (χ0) is 14.0. The highest BCUT2D eigenvalue weighted by molar-refractivity contribution is 9.10. The number of benzene rings is 1. The van der Waals surface area contributed by atoms with Gasteiger partial charge in [0.25, 0.3) is 0 Å². The van der Waals surface area contributed by atoms with Crippen LogP contribution >= 0.6 is 27.5 Å². The van der Waals surface area contributed by atoms with E-state index in [1.165, 1.54) is 6.33 Å². The molecule has 5 heteroatoms. The van der Waals surface area contributed by atoms with E-state index in [1.807, 2.05) is 25.1 Å². The molecule has 0 atom stereocenters. The molecule has 0 saturated heterocycles. The second-order valence-electron chi connectivity index (χ2n) is 4.62. The second-order valence-corrected chi connectivity index (χ2v) is 5.83. The molecule has 0 radical (unpaired) electrons. The molecule has 0 aliphatic heterocycles. The number of rotatable bonds is 3. The van der Waals surface area contributed by atoms with E-state index in [4.69, 9.17) is 11.6 Å². The van der Waals surface area contributed by atoms with Gasteiger partial charge in [-0.2, -0.15) is 0 Å². The number of hydrogen-bond donors (Lipinski definition) is 1.